The Kier molecular flexibility index (Phi) is 5.25. The summed E-state index contributed by atoms with van der Waals surface area (Å²) in [5.74, 6) is 1.00. The zero-order valence-corrected chi connectivity index (χ0v) is 16.7. The number of aromatic nitrogens is 1. The highest BCUT2D eigenvalue weighted by atomic mass is 16.5. The molecule has 0 atom stereocenters. The average Bonchev–Trinajstić information content (AvgIpc) is 3.11. The maximum absolute atomic E-state index is 12.8. The molecule has 3 aromatic rings. The number of fused-ring (bicyclic) bond motifs is 1. The minimum Gasteiger partial charge on any atom is -0.495 e. The fourth-order valence-electron chi connectivity index (χ4n) is 4.09. The third kappa shape index (κ3) is 3.70. The predicted molar refractivity (Wildman–Crippen MR) is 114 cm³/mol. The molecule has 1 saturated heterocycles. The minimum absolute atomic E-state index is 0.173. The van der Waals surface area contributed by atoms with Gasteiger partial charge in [-0.2, -0.15) is 0 Å². The molecule has 0 spiro atoms. The monoisotopic (exact) mass is 391 g/mol. The van der Waals surface area contributed by atoms with Gasteiger partial charge in [0.2, 0.25) is 6.41 Å². The van der Waals surface area contributed by atoms with Gasteiger partial charge in [0.25, 0.3) is 5.91 Å². The average molecular weight is 391 g/mol. The quantitative estimate of drug-likeness (QED) is 0.644. The molecule has 2 amide bonds. The molecule has 6 heteroatoms. The first-order chi connectivity index (χ1) is 14.1. The zero-order chi connectivity index (χ0) is 20.4. The number of carbonyl (C=O) groups is 2. The maximum Gasteiger partial charge on any atom is 0.272 e. The van der Waals surface area contributed by atoms with Crippen LogP contribution in [-0.2, 0) is 4.79 Å². The molecule has 1 aromatic heterocycles. The van der Waals surface area contributed by atoms with Crippen molar-refractivity contribution in [1.29, 1.82) is 0 Å². The number of piperidine rings is 1. The van der Waals surface area contributed by atoms with E-state index in [1.54, 1.807) is 7.11 Å². The van der Waals surface area contributed by atoms with Crippen molar-refractivity contribution in [3.05, 3.63) is 59.3 Å². The predicted octanol–water partition coefficient (Wildman–Crippen LogP) is 4.07. The molecule has 0 radical (unpaired) electrons. The number of methoxy groups -OCH3 is 1. The molecule has 0 saturated carbocycles. The van der Waals surface area contributed by atoms with E-state index < -0.39 is 0 Å². The Hall–Kier alpha value is -3.28. The van der Waals surface area contributed by atoms with Gasteiger partial charge in [0.05, 0.1) is 12.6 Å². The summed E-state index contributed by atoms with van der Waals surface area (Å²) < 4.78 is 5.39. The van der Waals surface area contributed by atoms with E-state index in [1.807, 2.05) is 42.2 Å². The van der Waals surface area contributed by atoms with Crippen LogP contribution in [0.15, 0.2) is 42.5 Å². The fraction of sp³-hybridized carbons (Fsp3) is 0.304. The van der Waals surface area contributed by atoms with E-state index in [2.05, 4.69) is 22.4 Å². The Balaban J connectivity index is 1.48. The Bertz CT molecular complexity index is 1030. The van der Waals surface area contributed by atoms with E-state index in [4.69, 9.17) is 4.74 Å². The molecule has 1 aliphatic heterocycles. The Morgan fingerprint density at radius 2 is 1.90 bits per heavy atom. The third-order valence-corrected chi connectivity index (χ3v) is 5.82. The number of carbonyl (C=O) groups excluding carboxylic acids is 2. The summed E-state index contributed by atoms with van der Waals surface area (Å²) >= 11 is 0. The van der Waals surface area contributed by atoms with Gasteiger partial charge >= 0.3 is 0 Å². The van der Waals surface area contributed by atoms with E-state index in [9.17, 15) is 9.59 Å². The largest absolute Gasteiger partial charge is 0.495 e. The number of likely N-dealkylation sites (tertiary alicyclic amines) is 1. The van der Waals surface area contributed by atoms with E-state index in [1.165, 1.54) is 5.56 Å². The number of benzene rings is 2. The Morgan fingerprint density at radius 3 is 2.55 bits per heavy atom. The molecule has 29 heavy (non-hydrogen) atoms. The van der Waals surface area contributed by atoms with Gasteiger partial charge in [-0.3, -0.25) is 9.59 Å². The lowest BCUT2D eigenvalue weighted by molar-refractivity contribution is -0.119. The first-order valence-corrected chi connectivity index (χ1v) is 9.86. The summed E-state index contributed by atoms with van der Waals surface area (Å²) in [6.45, 7) is 3.54. The lowest BCUT2D eigenvalue weighted by Gasteiger charge is -2.29. The number of ether oxygens (including phenoxy) is 1. The molecule has 0 aliphatic carbocycles. The van der Waals surface area contributed by atoms with Crippen LogP contribution >= 0.6 is 0 Å². The van der Waals surface area contributed by atoms with Crippen molar-refractivity contribution >= 4 is 28.9 Å². The maximum atomic E-state index is 12.8. The third-order valence-electron chi connectivity index (χ3n) is 5.82. The molecule has 0 unspecified atom stereocenters. The summed E-state index contributed by atoms with van der Waals surface area (Å²) in [6, 6.07) is 13.8. The van der Waals surface area contributed by atoms with E-state index in [0.29, 0.717) is 11.6 Å². The van der Waals surface area contributed by atoms with Gasteiger partial charge in [0, 0.05) is 24.2 Å². The minimum atomic E-state index is -0.173. The van der Waals surface area contributed by atoms with Gasteiger partial charge in [0.15, 0.2) is 0 Å². The summed E-state index contributed by atoms with van der Waals surface area (Å²) in [4.78, 5) is 28.7. The van der Waals surface area contributed by atoms with Gasteiger partial charge < -0.3 is 19.9 Å². The van der Waals surface area contributed by atoms with Crippen LogP contribution in [0.4, 0.5) is 5.69 Å². The first kappa shape index (κ1) is 19.1. The number of H-pyrrole nitrogens is 1. The molecule has 4 rings (SSSR count). The number of hydrogen-bond acceptors (Lipinski definition) is 3. The molecule has 0 bridgehead atoms. The van der Waals surface area contributed by atoms with Crippen LogP contribution in [0.1, 0.15) is 40.4 Å². The highest BCUT2D eigenvalue weighted by Crippen LogP contribution is 2.30. The standard InChI is InChI=1S/C23H25N3O3/c1-15-19-4-3-5-20(29-2)22(19)25-21(15)23(28)24-18-8-6-16(7-9-18)17-10-12-26(14-27)13-11-17/h3-9,14,17,25H,10-13H2,1-2H3,(H,24,28). The second kappa shape index (κ2) is 7.99. The molecular weight excluding hydrogens is 366 g/mol. The molecule has 2 heterocycles. The van der Waals surface area contributed by atoms with Crippen LogP contribution in [0.2, 0.25) is 0 Å². The molecular formula is C23H25N3O3. The number of aryl methyl sites for hydroxylation is 1. The van der Waals surface area contributed by atoms with Crippen LogP contribution in [0.3, 0.4) is 0 Å². The molecule has 2 N–H and O–H groups in total. The first-order valence-electron chi connectivity index (χ1n) is 9.86. The van der Waals surface area contributed by atoms with Crippen LogP contribution in [0.25, 0.3) is 10.9 Å². The van der Waals surface area contributed by atoms with Crippen molar-refractivity contribution in [2.24, 2.45) is 0 Å². The van der Waals surface area contributed by atoms with Crippen LogP contribution in [0, 0.1) is 6.92 Å². The topological polar surface area (TPSA) is 74.4 Å². The fourth-order valence-corrected chi connectivity index (χ4v) is 4.09. The van der Waals surface area contributed by atoms with Crippen molar-refractivity contribution in [1.82, 2.24) is 9.88 Å². The summed E-state index contributed by atoms with van der Waals surface area (Å²) in [6.07, 6.45) is 2.87. The van der Waals surface area contributed by atoms with Gasteiger partial charge in [-0.25, -0.2) is 0 Å². The number of aromatic amines is 1. The highest BCUT2D eigenvalue weighted by Gasteiger charge is 2.20. The highest BCUT2D eigenvalue weighted by molar-refractivity contribution is 6.08. The van der Waals surface area contributed by atoms with Crippen LogP contribution in [0.5, 0.6) is 5.75 Å². The van der Waals surface area contributed by atoms with Crippen molar-refractivity contribution < 1.29 is 14.3 Å². The van der Waals surface area contributed by atoms with Gasteiger partial charge in [0.1, 0.15) is 11.4 Å². The van der Waals surface area contributed by atoms with Gasteiger partial charge in [-0.15, -0.1) is 0 Å². The summed E-state index contributed by atoms with van der Waals surface area (Å²) in [7, 11) is 1.62. The van der Waals surface area contributed by atoms with Crippen molar-refractivity contribution in [2.75, 3.05) is 25.5 Å². The normalized spacial score (nSPS) is 14.8. The SMILES string of the molecule is COc1cccc2c(C)c(C(=O)Nc3ccc(C4CCN(C=O)CC4)cc3)[nH]c12. The lowest BCUT2D eigenvalue weighted by atomic mass is 9.89. The van der Waals surface area contributed by atoms with Crippen molar-refractivity contribution in [3.63, 3.8) is 0 Å². The molecule has 6 nitrogen and oxygen atoms in total. The Morgan fingerprint density at radius 1 is 1.17 bits per heavy atom. The van der Waals surface area contributed by atoms with Crippen molar-refractivity contribution in [3.8, 4) is 5.75 Å². The second-order valence-corrected chi connectivity index (χ2v) is 7.50. The Labute approximate surface area is 169 Å². The molecule has 1 aliphatic rings. The zero-order valence-electron chi connectivity index (χ0n) is 16.7. The van der Waals surface area contributed by atoms with Crippen LogP contribution < -0.4 is 10.1 Å². The summed E-state index contributed by atoms with van der Waals surface area (Å²) in [5, 5.41) is 3.96. The molecule has 150 valence electrons. The molecule has 1 fully saturated rings. The van der Waals surface area contributed by atoms with Gasteiger partial charge in [-0.05, 0) is 55.0 Å². The van der Waals surface area contributed by atoms with Crippen molar-refractivity contribution in [2.45, 2.75) is 25.7 Å². The number of rotatable bonds is 5. The number of anilines is 1. The van der Waals surface area contributed by atoms with E-state index in [-0.39, 0.29) is 5.91 Å². The number of amides is 2. The number of nitrogens with zero attached hydrogens (tertiary/aromatic N) is 1. The number of nitrogens with one attached hydrogen (secondary N) is 2. The lowest BCUT2D eigenvalue weighted by Crippen LogP contribution is -2.31. The number of hydrogen-bond donors (Lipinski definition) is 2. The van der Waals surface area contributed by atoms with Gasteiger partial charge in [-0.1, -0.05) is 24.3 Å². The van der Waals surface area contributed by atoms with Crippen LogP contribution in [-0.4, -0.2) is 42.4 Å². The summed E-state index contributed by atoms with van der Waals surface area (Å²) in [5.41, 5.74) is 4.27. The smallest absolute Gasteiger partial charge is 0.272 e. The number of para-hydroxylation sites is 1. The second-order valence-electron chi connectivity index (χ2n) is 7.50. The van der Waals surface area contributed by atoms with E-state index >= 15 is 0 Å². The van der Waals surface area contributed by atoms with E-state index in [0.717, 1.165) is 60.2 Å². The molecule has 2 aromatic carbocycles.